The molecule has 0 saturated carbocycles. The summed E-state index contributed by atoms with van der Waals surface area (Å²) in [7, 11) is 0.775. The van der Waals surface area contributed by atoms with E-state index in [2.05, 4.69) is 17.0 Å². The minimum Gasteiger partial charge on any atom is -0.482 e. The molecule has 0 aromatic carbocycles. The fraction of sp³-hybridized carbons (Fsp3) is 0.800. The predicted molar refractivity (Wildman–Crippen MR) is 43.1 cm³/mol. The Hall–Kier alpha value is -0.250. The van der Waals surface area contributed by atoms with Crippen LogP contribution >= 0.6 is 24.0 Å². The first-order chi connectivity index (χ1) is 6.45. The molecule has 0 rings (SSSR count). The monoisotopic (exact) mass is 276 g/mol. The topological polar surface area (TPSA) is 9.23 Å². The maximum atomic E-state index is 12.5. The van der Waals surface area contributed by atoms with Crippen molar-refractivity contribution in [3.8, 4) is 0 Å². The van der Waals surface area contributed by atoms with Gasteiger partial charge in [-0.15, -0.1) is 0 Å². The summed E-state index contributed by atoms with van der Waals surface area (Å²) in [5.41, 5.74) is 0. The van der Waals surface area contributed by atoms with Gasteiger partial charge in [0.05, 0.1) is 7.11 Å². The molecular weight excluding hydrogens is 273 g/mol. The molecule has 15 heavy (non-hydrogen) atoms. The second-order valence-electron chi connectivity index (χ2n) is 2.15. The smallest absolute Gasteiger partial charge is 0.460 e. The predicted octanol–water partition coefficient (Wildman–Crippen LogP) is 3.44. The van der Waals surface area contributed by atoms with Crippen molar-refractivity contribution in [2.75, 3.05) is 7.11 Å². The number of rotatable bonds is 2. The molecule has 0 spiro atoms. The summed E-state index contributed by atoms with van der Waals surface area (Å²) < 4.78 is 86.8. The van der Waals surface area contributed by atoms with Crippen LogP contribution in [0.25, 0.3) is 0 Å². The molecule has 0 atom stereocenters. The van der Waals surface area contributed by atoms with E-state index in [9.17, 15) is 30.7 Å². The van der Waals surface area contributed by atoms with Gasteiger partial charge >= 0.3 is 17.4 Å². The van der Waals surface area contributed by atoms with Crippen LogP contribution in [0.15, 0.2) is 0 Å². The number of hydrogen-bond acceptors (Lipinski definition) is 3. The number of hydrogen-bond donors (Lipinski definition) is 0. The normalized spacial score (nSPS) is 13.9. The molecule has 0 aromatic rings. The summed E-state index contributed by atoms with van der Waals surface area (Å²) in [6.45, 7) is 0. The van der Waals surface area contributed by atoms with Gasteiger partial charge < -0.3 is 4.74 Å². The molecule has 0 aliphatic rings. The maximum Gasteiger partial charge on any atom is 0.460 e. The lowest BCUT2D eigenvalue weighted by molar-refractivity contribution is -0.330. The number of methoxy groups -OCH3 is 1. The first kappa shape index (κ1) is 14.8. The Labute approximate surface area is 89.0 Å². The molecular formula is C5H3F7OS2. The summed E-state index contributed by atoms with van der Waals surface area (Å²) in [5.74, 6) is -6.17. The van der Waals surface area contributed by atoms with Crippen LogP contribution in [0.4, 0.5) is 30.7 Å². The van der Waals surface area contributed by atoms with Crippen molar-refractivity contribution >= 4 is 28.4 Å². The molecule has 90 valence electrons. The van der Waals surface area contributed by atoms with Crippen molar-refractivity contribution in [2.45, 2.75) is 17.4 Å². The molecule has 10 heteroatoms. The number of thiocarbonyl (C=S) groups is 1. The highest BCUT2D eigenvalue weighted by Gasteiger charge is 2.74. The van der Waals surface area contributed by atoms with Gasteiger partial charge in [-0.2, -0.15) is 30.7 Å². The van der Waals surface area contributed by atoms with Crippen molar-refractivity contribution in [1.29, 1.82) is 0 Å². The maximum absolute atomic E-state index is 12.5. The van der Waals surface area contributed by atoms with Crippen LogP contribution in [0.5, 0.6) is 0 Å². The van der Waals surface area contributed by atoms with Gasteiger partial charge in [0.25, 0.3) is 0 Å². The Balaban J connectivity index is 4.93. The fourth-order valence-corrected chi connectivity index (χ4v) is 1.23. The van der Waals surface area contributed by atoms with E-state index >= 15 is 0 Å². The highest BCUT2D eigenvalue weighted by molar-refractivity contribution is 8.23. The third kappa shape index (κ3) is 3.10. The van der Waals surface area contributed by atoms with E-state index < -0.39 is 33.5 Å². The largest absolute Gasteiger partial charge is 0.482 e. The lowest BCUT2D eigenvalue weighted by Crippen LogP contribution is -2.50. The SMILES string of the molecule is COC(=S)SC(F)(F)C(F)(F)C(F)(F)F. The van der Waals surface area contributed by atoms with Gasteiger partial charge in [0.1, 0.15) is 0 Å². The summed E-state index contributed by atoms with van der Waals surface area (Å²) in [6, 6.07) is 0. The first-order valence-electron chi connectivity index (χ1n) is 3.05. The lowest BCUT2D eigenvalue weighted by Gasteiger charge is -2.26. The van der Waals surface area contributed by atoms with Gasteiger partial charge in [-0.25, -0.2) is 0 Å². The van der Waals surface area contributed by atoms with Crippen LogP contribution < -0.4 is 0 Å². The van der Waals surface area contributed by atoms with E-state index in [1.165, 1.54) is 0 Å². The third-order valence-electron chi connectivity index (χ3n) is 1.10. The van der Waals surface area contributed by atoms with Crippen LogP contribution in [0.1, 0.15) is 0 Å². The van der Waals surface area contributed by atoms with E-state index in [0.717, 1.165) is 7.11 Å². The quantitative estimate of drug-likeness (QED) is 0.565. The minimum absolute atomic E-state index is 0.775. The molecule has 0 bridgehead atoms. The average Bonchev–Trinajstić information content (AvgIpc) is 2.00. The molecule has 1 nitrogen and oxygen atoms in total. The van der Waals surface area contributed by atoms with Crippen molar-refractivity contribution in [3.63, 3.8) is 0 Å². The molecule has 0 saturated heterocycles. The van der Waals surface area contributed by atoms with Crippen molar-refractivity contribution in [1.82, 2.24) is 0 Å². The second-order valence-corrected chi connectivity index (χ2v) is 3.86. The minimum atomic E-state index is -6.35. The van der Waals surface area contributed by atoms with Crippen LogP contribution in [0.2, 0.25) is 0 Å². The molecule has 0 aliphatic carbocycles. The Morgan fingerprint density at radius 2 is 1.47 bits per heavy atom. The van der Waals surface area contributed by atoms with Crippen LogP contribution in [0, 0.1) is 0 Å². The van der Waals surface area contributed by atoms with Crippen molar-refractivity contribution in [3.05, 3.63) is 0 Å². The van der Waals surface area contributed by atoms with Gasteiger partial charge in [-0.3, -0.25) is 0 Å². The molecule has 0 unspecified atom stereocenters. The van der Waals surface area contributed by atoms with E-state index in [0.29, 0.717) is 0 Å². The molecule has 0 radical (unpaired) electrons. The first-order valence-corrected chi connectivity index (χ1v) is 4.27. The van der Waals surface area contributed by atoms with Crippen LogP contribution in [-0.2, 0) is 4.74 Å². The summed E-state index contributed by atoms with van der Waals surface area (Å²) in [4.78, 5) is 0. The number of ether oxygens (including phenoxy) is 1. The van der Waals surface area contributed by atoms with Crippen LogP contribution in [-0.4, -0.2) is 28.8 Å². The van der Waals surface area contributed by atoms with E-state index in [1.807, 2.05) is 0 Å². The van der Waals surface area contributed by atoms with Crippen molar-refractivity contribution < 1.29 is 35.5 Å². The zero-order valence-electron chi connectivity index (χ0n) is 6.87. The van der Waals surface area contributed by atoms with Gasteiger partial charge in [-0.05, 0) is 12.2 Å². The Morgan fingerprint density at radius 3 is 1.73 bits per heavy atom. The second kappa shape index (κ2) is 4.32. The number of thioether (sulfide) groups is 1. The molecule has 0 aromatic heterocycles. The molecule has 0 heterocycles. The molecule has 0 fully saturated rings. The standard InChI is InChI=1S/C5H3F7OS2/c1-13-2(14)15-5(11,12)3(6,7)4(8,9)10/h1H3. The zero-order valence-corrected chi connectivity index (χ0v) is 8.50. The number of halogens is 7. The number of alkyl halides is 7. The van der Waals surface area contributed by atoms with Gasteiger partial charge in [0.2, 0.25) is 4.38 Å². The fourth-order valence-electron chi connectivity index (χ4n) is 0.375. The summed E-state index contributed by atoms with van der Waals surface area (Å²) in [5, 5.41) is -5.40. The lowest BCUT2D eigenvalue weighted by atomic mass is 10.3. The van der Waals surface area contributed by atoms with E-state index in [-0.39, 0.29) is 0 Å². The Kier molecular flexibility index (Phi) is 4.25. The summed E-state index contributed by atoms with van der Waals surface area (Å²) in [6.07, 6.45) is -6.35. The van der Waals surface area contributed by atoms with Gasteiger partial charge in [0, 0.05) is 11.8 Å². The van der Waals surface area contributed by atoms with Gasteiger partial charge in [-0.1, -0.05) is 0 Å². The molecule has 0 amide bonds. The Morgan fingerprint density at radius 1 is 1.07 bits per heavy atom. The summed E-state index contributed by atoms with van der Waals surface area (Å²) >= 11 is 2.80. The third-order valence-corrected chi connectivity index (χ3v) is 2.36. The van der Waals surface area contributed by atoms with E-state index in [4.69, 9.17) is 0 Å². The molecule has 0 aliphatic heterocycles. The molecule has 0 N–H and O–H groups in total. The average molecular weight is 276 g/mol. The van der Waals surface area contributed by atoms with E-state index in [1.54, 1.807) is 0 Å². The highest BCUT2D eigenvalue weighted by Crippen LogP contribution is 2.52. The Bertz CT molecular complexity index is 248. The van der Waals surface area contributed by atoms with Gasteiger partial charge in [0.15, 0.2) is 0 Å². The highest BCUT2D eigenvalue weighted by atomic mass is 32.2. The zero-order chi connectivity index (χ0) is 12.5. The van der Waals surface area contributed by atoms with Crippen LogP contribution in [0.3, 0.4) is 0 Å². The van der Waals surface area contributed by atoms with Crippen molar-refractivity contribution in [2.24, 2.45) is 0 Å².